The molecule has 2 nitrogen and oxygen atoms in total. The van der Waals surface area contributed by atoms with Crippen LogP contribution >= 0.6 is 0 Å². The van der Waals surface area contributed by atoms with Gasteiger partial charge < -0.3 is 11.1 Å². The van der Waals surface area contributed by atoms with Crippen LogP contribution in [-0.4, -0.2) is 19.6 Å². The molecular formula is C9H20N2. The highest BCUT2D eigenvalue weighted by molar-refractivity contribution is 5.00. The van der Waals surface area contributed by atoms with E-state index in [9.17, 15) is 0 Å². The van der Waals surface area contributed by atoms with Crippen molar-refractivity contribution in [2.75, 3.05) is 19.6 Å². The largest absolute Gasteiger partial charge is 0.329 e. The maximum Gasteiger partial charge on any atom is 0.00747 e. The van der Waals surface area contributed by atoms with Crippen LogP contribution < -0.4 is 11.1 Å². The van der Waals surface area contributed by atoms with Gasteiger partial charge in [0.05, 0.1) is 0 Å². The van der Waals surface area contributed by atoms with Crippen LogP contribution in [0, 0.1) is 5.92 Å². The Kier molecular flexibility index (Phi) is 6.18. The topological polar surface area (TPSA) is 38.0 Å². The molecule has 66 valence electrons. The highest BCUT2D eigenvalue weighted by atomic mass is 14.9. The zero-order chi connectivity index (χ0) is 8.69. The summed E-state index contributed by atoms with van der Waals surface area (Å²) < 4.78 is 0. The Hall–Kier alpha value is -0.340. The Morgan fingerprint density at radius 3 is 2.73 bits per heavy atom. The van der Waals surface area contributed by atoms with E-state index in [1.165, 1.54) is 5.57 Å². The Bertz CT molecular complexity index is 119. The second-order valence-electron chi connectivity index (χ2n) is 2.93. The minimum atomic E-state index is 0.631. The monoisotopic (exact) mass is 156 g/mol. The average Bonchev–Trinajstić information content (AvgIpc) is 2.03. The maximum absolute atomic E-state index is 5.35. The van der Waals surface area contributed by atoms with Crippen molar-refractivity contribution >= 4 is 0 Å². The normalized spacial score (nSPS) is 15.1. The maximum atomic E-state index is 5.35. The summed E-state index contributed by atoms with van der Waals surface area (Å²) in [6.07, 6.45) is 2.16. The average molecular weight is 156 g/mol. The summed E-state index contributed by atoms with van der Waals surface area (Å²) in [6, 6.07) is 0. The molecule has 1 atom stereocenters. The van der Waals surface area contributed by atoms with E-state index in [4.69, 9.17) is 5.73 Å². The molecule has 0 radical (unpaired) electrons. The van der Waals surface area contributed by atoms with Crippen molar-refractivity contribution in [3.63, 3.8) is 0 Å². The van der Waals surface area contributed by atoms with Gasteiger partial charge in [-0.15, -0.1) is 0 Å². The fourth-order valence-corrected chi connectivity index (χ4v) is 0.866. The summed E-state index contributed by atoms with van der Waals surface area (Å²) >= 11 is 0. The van der Waals surface area contributed by atoms with Crippen molar-refractivity contribution in [2.45, 2.75) is 20.8 Å². The molecule has 0 heterocycles. The summed E-state index contributed by atoms with van der Waals surface area (Å²) in [5.41, 5.74) is 6.79. The number of rotatable bonds is 5. The van der Waals surface area contributed by atoms with Crippen molar-refractivity contribution in [2.24, 2.45) is 11.7 Å². The zero-order valence-corrected chi connectivity index (χ0v) is 7.85. The van der Waals surface area contributed by atoms with Crippen molar-refractivity contribution in [1.82, 2.24) is 5.32 Å². The molecule has 0 rings (SSSR count). The lowest BCUT2D eigenvalue weighted by Crippen LogP contribution is -2.27. The van der Waals surface area contributed by atoms with Gasteiger partial charge in [0.25, 0.3) is 0 Å². The zero-order valence-electron chi connectivity index (χ0n) is 7.85. The molecular weight excluding hydrogens is 136 g/mol. The predicted molar refractivity (Wildman–Crippen MR) is 50.5 cm³/mol. The van der Waals surface area contributed by atoms with Crippen LogP contribution in [0.4, 0.5) is 0 Å². The lowest BCUT2D eigenvalue weighted by Gasteiger charge is -2.12. The van der Waals surface area contributed by atoms with Crippen LogP contribution in [0.25, 0.3) is 0 Å². The van der Waals surface area contributed by atoms with Crippen LogP contribution in [0.3, 0.4) is 0 Å². The molecule has 0 amide bonds. The SMILES string of the molecule is C/C=C(\C)C(C)CNCCN. The summed E-state index contributed by atoms with van der Waals surface area (Å²) in [5, 5.41) is 3.28. The second-order valence-corrected chi connectivity index (χ2v) is 2.93. The van der Waals surface area contributed by atoms with Gasteiger partial charge in [0.2, 0.25) is 0 Å². The number of nitrogens with two attached hydrogens (primary N) is 1. The van der Waals surface area contributed by atoms with Crippen molar-refractivity contribution in [3.8, 4) is 0 Å². The molecule has 0 aliphatic carbocycles. The number of allylic oxidation sites excluding steroid dienone is 1. The number of hydrogen-bond donors (Lipinski definition) is 2. The predicted octanol–water partition coefficient (Wildman–Crippen LogP) is 1.14. The minimum Gasteiger partial charge on any atom is -0.329 e. The minimum absolute atomic E-state index is 0.631. The molecule has 0 aliphatic rings. The first kappa shape index (κ1) is 10.7. The molecule has 0 aliphatic heterocycles. The van der Waals surface area contributed by atoms with Crippen LogP contribution in [0.1, 0.15) is 20.8 Å². The van der Waals surface area contributed by atoms with Gasteiger partial charge in [-0.25, -0.2) is 0 Å². The molecule has 0 saturated carbocycles. The van der Waals surface area contributed by atoms with Gasteiger partial charge in [0, 0.05) is 19.6 Å². The van der Waals surface area contributed by atoms with Gasteiger partial charge >= 0.3 is 0 Å². The lowest BCUT2D eigenvalue weighted by molar-refractivity contribution is 0.576. The van der Waals surface area contributed by atoms with Crippen LogP contribution in [0.5, 0.6) is 0 Å². The van der Waals surface area contributed by atoms with Gasteiger partial charge in [-0.3, -0.25) is 0 Å². The molecule has 0 fully saturated rings. The van der Waals surface area contributed by atoms with Crippen LogP contribution in [-0.2, 0) is 0 Å². The molecule has 1 unspecified atom stereocenters. The van der Waals surface area contributed by atoms with E-state index in [2.05, 4.69) is 32.2 Å². The first-order valence-corrected chi connectivity index (χ1v) is 4.26. The first-order chi connectivity index (χ1) is 5.22. The van der Waals surface area contributed by atoms with Crippen LogP contribution in [0.15, 0.2) is 11.6 Å². The summed E-state index contributed by atoms with van der Waals surface area (Å²) in [6.45, 7) is 9.14. The Morgan fingerprint density at radius 2 is 2.27 bits per heavy atom. The lowest BCUT2D eigenvalue weighted by atomic mass is 10.0. The molecule has 0 aromatic heterocycles. The van der Waals surface area contributed by atoms with E-state index in [1.54, 1.807) is 0 Å². The van der Waals surface area contributed by atoms with Gasteiger partial charge in [-0.1, -0.05) is 18.6 Å². The molecule has 11 heavy (non-hydrogen) atoms. The van der Waals surface area contributed by atoms with Crippen LogP contribution in [0.2, 0.25) is 0 Å². The Balaban J connectivity index is 3.44. The molecule has 0 spiro atoms. The molecule has 3 N–H and O–H groups in total. The highest BCUT2D eigenvalue weighted by Crippen LogP contribution is 2.06. The first-order valence-electron chi connectivity index (χ1n) is 4.26. The third-order valence-corrected chi connectivity index (χ3v) is 2.00. The van der Waals surface area contributed by atoms with Crippen molar-refractivity contribution in [3.05, 3.63) is 11.6 Å². The Morgan fingerprint density at radius 1 is 1.64 bits per heavy atom. The summed E-state index contributed by atoms with van der Waals surface area (Å²) in [5.74, 6) is 0.631. The fourth-order valence-electron chi connectivity index (χ4n) is 0.866. The van der Waals surface area contributed by atoms with E-state index in [0.717, 1.165) is 19.6 Å². The second kappa shape index (κ2) is 6.38. The number of hydrogen-bond acceptors (Lipinski definition) is 2. The molecule has 0 aromatic rings. The quantitative estimate of drug-likeness (QED) is 0.462. The smallest absolute Gasteiger partial charge is 0.00747 e. The van der Waals surface area contributed by atoms with Crippen molar-refractivity contribution < 1.29 is 0 Å². The number of nitrogens with one attached hydrogen (secondary N) is 1. The van der Waals surface area contributed by atoms with E-state index >= 15 is 0 Å². The van der Waals surface area contributed by atoms with E-state index < -0.39 is 0 Å². The van der Waals surface area contributed by atoms with Gasteiger partial charge in [0.15, 0.2) is 0 Å². The standard InChI is InChI=1S/C9H20N2/c1-4-8(2)9(3)7-11-6-5-10/h4,9,11H,5-7,10H2,1-3H3/b8-4+. The molecule has 0 saturated heterocycles. The van der Waals surface area contributed by atoms with Crippen molar-refractivity contribution in [1.29, 1.82) is 0 Å². The van der Waals surface area contributed by atoms with Gasteiger partial charge in [-0.2, -0.15) is 0 Å². The summed E-state index contributed by atoms with van der Waals surface area (Å²) in [7, 11) is 0. The van der Waals surface area contributed by atoms with Gasteiger partial charge in [-0.05, 0) is 19.8 Å². The Labute approximate surface area is 69.9 Å². The fraction of sp³-hybridized carbons (Fsp3) is 0.778. The third-order valence-electron chi connectivity index (χ3n) is 2.00. The third kappa shape index (κ3) is 4.99. The molecule has 0 bridgehead atoms. The van der Waals surface area contributed by atoms with E-state index in [0.29, 0.717) is 5.92 Å². The van der Waals surface area contributed by atoms with E-state index in [1.807, 2.05) is 0 Å². The van der Waals surface area contributed by atoms with Gasteiger partial charge in [0.1, 0.15) is 0 Å². The van der Waals surface area contributed by atoms with E-state index in [-0.39, 0.29) is 0 Å². The summed E-state index contributed by atoms with van der Waals surface area (Å²) in [4.78, 5) is 0. The highest BCUT2D eigenvalue weighted by Gasteiger charge is 2.00. The molecule has 2 heteroatoms. The molecule has 0 aromatic carbocycles.